The number of hydrogen-bond donors (Lipinski definition) is 1. The Labute approximate surface area is 197 Å². The molecule has 0 spiro atoms. The smallest absolute Gasteiger partial charge is 0.234 e. The Morgan fingerprint density at radius 3 is 2.58 bits per heavy atom. The van der Waals surface area contributed by atoms with Crippen LogP contribution in [0.15, 0.2) is 23.6 Å². The molecule has 0 atom stereocenters. The van der Waals surface area contributed by atoms with E-state index in [0.717, 1.165) is 72.0 Å². The number of fused-ring (bicyclic) bond motifs is 1. The maximum atomic E-state index is 12.2. The third-order valence-electron chi connectivity index (χ3n) is 6.20. The molecule has 0 unspecified atom stereocenters. The van der Waals surface area contributed by atoms with Gasteiger partial charge >= 0.3 is 0 Å². The Bertz CT molecular complexity index is 1170. The van der Waals surface area contributed by atoms with E-state index in [1.54, 1.807) is 25.6 Å². The molecular weight excluding hydrogens is 438 g/mol. The van der Waals surface area contributed by atoms with Gasteiger partial charge < -0.3 is 19.7 Å². The van der Waals surface area contributed by atoms with Crippen molar-refractivity contribution in [2.45, 2.75) is 25.8 Å². The van der Waals surface area contributed by atoms with Gasteiger partial charge in [-0.15, -0.1) is 11.3 Å². The van der Waals surface area contributed by atoms with Crippen molar-refractivity contribution in [3.63, 3.8) is 0 Å². The highest BCUT2D eigenvalue weighted by molar-refractivity contribution is 7.17. The van der Waals surface area contributed by atoms with Crippen LogP contribution in [0.3, 0.4) is 0 Å². The number of carbonyl (C=O) groups excluding carboxylic acids is 1. The molecule has 1 aliphatic carbocycles. The molecule has 174 valence electrons. The van der Waals surface area contributed by atoms with Crippen molar-refractivity contribution in [1.82, 2.24) is 20.2 Å². The second kappa shape index (κ2) is 9.15. The summed E-state index contributed by atoms with van der Waals surface area (Å²) in [5, 5.41) is 6.29. The quantitative estimate of drug-likeness (QED) is 0.572. The van der Waals surface area contributed by atoms with Crippen molar-refractivity contribution in [3.8, 4) is 22.6 Å². The minimum Gasteiger partial charge on any atom is -0.493 e. The van der Waals surface area contributed by atoms with E-state index in [2.05, 4.69) is 20.5 Å². The number of anilines is 1. The summed E-state index contributed by atoms with van der Waals surface area (Å²) >= 11 is 1.63. The lowest BCUT2D eigenvalue weighted by atomic mass is 10.0. The van der Waals surface area contributed by atoms with Gasteiger partial charge in [-0.3, -0.25) is 9.69 Å². The zero-order valence-corrected chi connectivity index (χ0v) is 20.1. The van der Waals surface area contributed by atoms with Crippen molar-refractivity contribution in [3.05, 3.63) is 29.4 Å². The van der Waals surface area contributed by atoms with E-state index in [1.807, 2.05) is 25.1 Å². The lowest BCUT2D eigenvalue weighted by Gasteiger charge is -2.35. The lowest BCUT2D eigenvalue weighted by Crippen LogP contribution is -2.50. The van der Waals surface area contributed by atoms with Crippen LogP contribution in [0.25, 0.3) is 21.3 Å². The van der Waals surface area contributed by atoms with Crippen LogP contribution in [0.1, 0.15) is 18.7 Å². The van der Waals surface area contributed by atoms with Crippen LogP contribution in [0.2, 0.25) is 0 Å². The van der Waals surface area contributed by atoms with Crippen LogP contribution in [-0.4, -0.2) is 73.8 Å². The zero-order chi connectivity index (χ0) is 22.9. The molecule has 3 aromatic rings. The topological polar surface area (TPSA) is 79.8 Å². The van der Waals surface area contributed by atoms with Crippen LogP contribution in [0.5, 0.6) is 11.5 Å². The molecule has 1 saturated carbocycles. The van der Waals surface area contributed by atoms with Gasteiger partial charge in [-0.2, -0.15) is 0 Å². The number of methoxy groups -OCH3 is 2. The van der Waals surface area contributed by atoms with Crippen LogP contribution in [-0.2, 0) is 4.79 Å². The summed E-state index contributed by atoms with van der Waals surface area (Å²) < 4.78 is 10.9. The van der Waals surface area contributed by atoms with E-state index >= 15 is 0 Å². The Morgan fingerprint density at radius 2 is 1.88 bits per heavy atom. The summed E-state index contributed by atoms with van der Waals surface area (Å²) in [7, 11) is 3.29. The number of carbonyl (C=O) groups is 1. The lowest BCUT2D eigenvalue weighted by molar-refractivity contribution is -0.122. The minimum absolute atomic E-state index is 0.139. The fraction of sp³-hybridized carbons (Fsp3) is 0.458. The van der Waals surface area contributed by atoms with Crippen LogP contribution in [0, 0.1) is 6.92 Å². The van der Waals surface area contributed by atoms with Crippen LogP contribution >= 0.6 is 11.3 Å². The zero-order valence-electron chi connectivity index (χ0n) is 19.3. The van der Waals surface area contributed by atoms with Crippen molar-refractivity contribution in [2.75, 3.05) is 51.8 Å². The molecule has 1 amide bonds. The Hall–Kier alpha value is -2.91. The number of hydrogen-bond acceptors (Lipinski definition) is 8. The number of aryl methyl sites for hydroxylation is 1. The van der Waals surface area contributed by atoms with Crippen molar-refractivity contribution < 1.29 is 14.3 Å². The highest BCUT2D eigenvalue weighted by atomic mass is 32.1. The van der Waals surface area contributed by atoms with Gasteiger partial charge in [0.25, 0.3) is 0 Å². The van der Waals surface area contributed by atoms with Crippen LogP contribution in [0.4, 0.5) is 5.82 Å². The molecule has 2 aliphatic rings. The summed E-state index contributed by atoms with van der Waals surface area (Å²) in [5.41, 5.74) is 2.14. The first-order chi connectivity index (χ1) is 16.1. The fourth-order valence-corrected chi connectivity index (χ4v) is 5.28. The first kappa shape index (κ1) is 21.9. The molecule has 0 radical (unpaired) electrons. The molecule has 1 saturated heterocycles. The predicted octanol–water partition coefficient (Wildman–Crippen LogP) is 3.08. The number of piperazine rings is 1. The fourth-order valence-electron chi connectivity index (χ4n) is 4.29. The summed E-state index contributed by atoms with van der Waals surface area (Å²) in [5.74, 6) is 3.27. The van der Waals surface area contributed by atoms with E-state index < -0.39 is 0 Å². The molecule has 1 aromatic carbocycles. The molecule has 2 aromatic heterocycles. The van der Waals surface area contributed by atoms with Gasteiger partial charge in [0.2, 0.25) is 5.91 Å². The molecule has 5 rings (SSSR count). The summed E-state index contributed by atoms with van der Waals surface area (Å²) in [6, 6.07) is 6.38. The van der Waals surface area contributed by atoms with Gasteiger partial charge in [0.1, 0.15) is 16.5 Å². The van der Waals surface area contributed by atoms with Gasteiger partial charge in [-0.25, -0.2) is 9.97 Å². The molecule has 1 aliphatic heterocycles. The number of amides is 1. The number of aromatic nitrogens is 2. The normalized spacial score (nSPS) is 16.8. The first-order valence-corrected chi connectivity index (χ1v) is 12.2. The average molecular weight is 468 g/mol. The Kier molecular flexibility index (Phi) is 6.07. The predicted molar refractivity (Wildman–Crippen MR) is 131 cm³/mol. The summed E-state index contributed by atoms with van der Waals surface area (Å²) in [6.45, 7) is 5.72. The van der Waals surface area contributed by atoms with Gasteiger partial charge in [-0.05, 0) is 37.5 Å². The highest BCUT2D eigenvalue weighted by Crippen LogP contribution is 2.41. The van der Waals surface area contributed by atoms with Gasteiger partial charge in [-0.1, -0.05) is 6.07 Å². The SMILES string of the molecule is COc1ccc(-c2csc3nc(C)nc(N4CCN(CC(=O)NC5CC5)CC4)c23)cc1OC. The van der Waals surface area contributed by atoms with Gasteiger partial charge in [0, 0.05) is 43.2 Å². The van der Waals surface area contributed by atoms with E-state index in [9.17, 15) is 4.79 Å². The van der Waals surface area contributed by atoms with Crippen molar-refractivity contribution in [1.29, 1.82) is 0 Å². The van der Waals surface area contributed by atoms with E-state index in [1.165, 1.54) is 0 Å². The maximum Gasteiger partial charge on any atom is 0.234 e. The second-order valence-corrected chi connectivity index (χ2v) is 9.46. The monoisotopic (exact) mass is 467 g/mol. The summed E-state index contributed by atoms with van der Waals surface area (Å²) in [6.07, 6.45) is 2.23. The number of ether oxygens (including phenoxy) is 2. The molecule has 1 N–H and O–H groups in total. The highest BCUT2D eigenvalue weighted by Gasteiger charge is 2.27. The number of benzene rings is 1. The van der Waals surface area contributed by atoms with Crippen LogP contribution < -0.4 is 19.7 Å². The van der Waals surface area contributed by atoms with E-state index in [0.29, 0.717) is 24.1 Å². The van der Waals surface area contributed by atoms with Gasteiger partial charge in [0.05, 0.1) is 26.2 Å². The third-order valence-corrected chi connectivity index (χ3v) is 7.07. The third kappa shape index (κ3) is 4.60. The molecule has 9 heteroatoms. The molecular formula is C24H29N5O3S. The number of nitrogens with one attached hydrogen (secondary N) is 1. The minimum atomic E-state index is 0.139. The van der Waals surface area contributed by atoms with E-state index in [-0.39, 0.29) is 5.91 Å². The molecule has 33 heavy (non-hydrogen) atoms. The van der Waals surface area contributed by atoms with E-state index in [4.69, 9.17) is 19.4 Å². The number of rotatable bonds is 7. The second-order valence-electron chi connectivity index (χ2n) is 8.60. The van der Waals surface area contributed by atoms with Crippen molar-refractivity contribution in [2.24, 2.45) is 0 Å². The largest absolute Gasteiger partial charge is 0.493 e. The standard InChI is InChI=1S/C24H29N5O3S/c1-15-25-23(29-10-8-28(9-11-29)13-21(30)27-17-5-6-17)22-18(14-33-24(22)26-15)16-4-7-19(31-2)20(12-16)32-3/h4,7,12,14,17H,5-6,8-11,13H2,1-3H3,(H,27,30). The summed E-state index contributed by atoms with van der Waals surface area (Å²) in [4.78, 5) is 27.3. The average Bonchev–Trinajstić information content (AvgIpc) is 3.53. The first-order valence-electron chi connectivity index (χ1n) is 11.3. The molecule has 2 fully saturated rings. The maximum absolute atomic E-state index is 12.2. The molecule has 0 bridgehead atoms. The Balaban J connectivity index is 1.41. The molecule has 8 nitrogen and oxygen atoms in total. The Morgan fingerprint density at radius 1 is 1.12 bits per heavy atom. The number of nitrogens with zero attached hydrogens (tertiary/aromatic N) is 4. The number of thiophene rings is 1. The van der Waals surface area contributed by atoms with Gasteiger partial charge in [0.15, 0.2) is 11.5 Å². The van der Waals surface area contributed by atoms with Crippen molar-refractivity contribution >= 4 is 33.3 Å². The molecule has 3 heterocycles.